The Bertz CT molecular complexity index is 825. The van der Waals surface area contributed by atoms with E-state index in [0.29, 0.717) is 13.2 Å². The molecule has 3 rings (SSSR count). The number of aliphatic hydroxyl groups is 1. The molecule has 0 atom stereocenters. The molecule has 0 saturated heterocycles. The average Bonchev–Trinajstić information content (AvgIpc) is 3.10. The number of nitrogens with zero attached hydrogens (tertiary/aromatic N) is 3. The number of thioether (sulfide) groups is 1. The third-order valence-corrected chi connectivity index (χ3v) is 5.44. The quantitative estimate of drug-likeness (QED) is 0.375. The van der Waals surface area contributed by atoms with Crippen molar-refractivity contribution in [1.29, 1.82) is 0 Å². The highest BCUT2D eigenvalue weighted by Crippen LogP contribution is 2.25. The molecular weight excluding hydrogens is 426 g/mol. The summed E-state index contributed by atoms with van der Waals surface area (Å²) in [6.07, 6.45) is 0.914. The smallest absolute Gasteiger partial charge is 0.191 e. The molecule has 5 nitrogen and oxygen atoms in total. The normalized spacial score (nSPS) is 11.0. The fourth-order valence-corrected chi connectivity index (χ4v) is 3.73. The summed E-state index contributed by atoms with van der Waals surface area (Å²) >= 11 is 5.10. The molecule has 0 amide bonds. The first-order valence-electron chi connectivity index (χ1n) is 8.82. The molecule has 0 aliphatic rings. The van der Waals surface area contributed by atoms with Gasteiger partial charge in [-0.15, -0.1) is 10.2 Å². The number of aliphatic hydroxyl groups excluding tert-OH is 1. The molecular formula is C20H22BrN3O2S. The standard InChI is InChI=1S/C20H22BrN3O2S/c21-18-8-6-17(7-9-18)19-22-23-20(27-15-14-26-13-12-25)24(19)11-10-16-4-2-1-3-5-16/h1-9,25H,10-15H2. The predicted molar refractivity (Wildman–Crippen MR) is 112 cm³/mol. The summed E-state index contributed by atoms with van der Waals surface area (Å²) in [5.74, 6) is 1.64. The van der Waals surface area contributed by atoms with E-state index in [1.54, 1.807) is 11.8 Å². The first-order chi connectivity index (χ1) is 13.3. The van der Waals surface area contributed by atoms with E-state index in [-0.39, 0.29) is 6.61 Å². The Morgan fingerprint density at radius 3 is 2.52 bits per heavy atom. The second kappa shape index (κ2) is 10.6. The number of halogens is 1. The van der Waals surface area contributed by atoms with E-state index < -0.39 is 0 Å². The van der Waals surface area contributed by atoms with Gasteiger partial charge in [0.15, 0.2) is 11.0 Å². The van der Waals surface area contributed by atoms with Crippen molar-refractivity contribution in [2.24, 2.45) is 0 Å². The van der Waals surface area contributed by atoms with Crippen LogP contribution in [0.25, 0.3) is 11.4 Å². The summed E-state index contributed by atoms with van der Waals surface area (Å²) < 4.78 is 8.56. The summed E-state index contributed by atoms with van der Waals surface area (Å²) in [5, 5.41) is 18.5. The Balaban J connectivity index is 1.76. The van der Waals surface area contributed by atoms with Gasteiger partial charge in [0.1, 0.15) is 0 Å². The van der Waals surface area contributed by atoms with Crippen LogP contribution < -0.4 is 0 Å². The Labute approximate surface area is 171 Å². The van der Waals surface area contributed by atoms with Crippen molar-refractivity contribution in [3.05, 3.63) is 64.6 Å². The summed E-state index contributed by atoms with van der Waals surface area (Å²) in [7, 11) is 0. The van der Waals surface area contributed by atoms with Crippen LogP contribution in [0.2, 0.25) is 0 Å². The highest BCUT2D eigenvalue weighted by molar-refractivity contribution is 9.10. The largest absolute Gasteiger partial charge is 0.394 e. The van der Waals surface area contributed by atoms with Crippen LogP contribution in [0.15, 0.2) is 64.2 Å². The zero-order valence-corrected chi connectivity index (χ0v) is 17.3. The molecule has 0 aliphatic carbocycles. The fourth-order valence-electron chi connectivity index (χ4n) is 2.65. The van der Waals surface area contributed by atoms with Crippen LogP contribution in [0.5, 0.6) is 0 Å². The summed E-state index contributed by atoms with van der Waals surface area (Å²) in [6, 6.07) is 18.6. The van der Waals surface area contributed by atoms with E-state index >= 15 is 0 Å². The molecule has 0 radical (unpaired) electrons. The van der Waals surface area contributed by atoms with Gasteiger partial charge in [-0.1, -0.05) is 70.2 Å². The van der Waals surface area contributed by atoms with E-state index in [4.69, 9.17) is 9.84 Å². The van der Waals surface area contributed by atoms with Crippen molar-refractivity contribution in [2.45, 2.75) is 18.1 Å². The minimum atomic E-state index is 0.0473. The number of hydrogen-bond donors (Lipinski definition) is 1. The van der Waals surface area contributed by atoms with E-state index in [1.807, 2.05) is 30.3 Å². The van der Waals surface area contributed by atoms with Crippen LogP contribution in [-0.4, -0.2) is 45.4 Å². The number of aromatic nitrogens is 3. The van der Waals surface area contributed by atoms with Crippen LogP contribution >= 0.6 is 27.7 Å². The van der Waals surface area contributed by atoms with Gasteiger partial charge in [0.25, 0.3) is 0 Å². The van der Waals surface area contributed by atoms with Gasteiger partial charge < -0.3 is 14.4 Å². The van der Waals surface area contributed by atoms with Crippen LogP contribution in [0, 0.1) is 0 Å². The summed E-state index contributed by atoms with van der Waals surface area (Å²) in [6.45, 7) is 1.80. The minimum absolute atomic E-state index is 0.0473. The lowest BCUT2D eigenvalue weighted by molar-refractivity contribution is 0.103. The minimum Gasteiger partial charge on any atom is -0.394 e. The van der Waals surface area contributed by atoms with Gasteiger partial charge >= 0.3 is 0 Å². The Morgan fingerprint density at radius 1 is 1.00 bits per heavy atom. The van der Waals surface area contributed by atoms with E-state index in [9.17, 15) is 0 Å². The van der Waals surface area contributed by atoms with Gasteiger partial charge in [-0.3, -0.25) is 0 Å². The van der Waals surface area contributed by atoms with Crippen molar-refractivity contribution in [3.8, 4) is 11.4 Å². The Morgan fingerprint density at radius 2 is 1.78 bits per heavy atom. The number of benzene rings is 2. The lowest BCUT2D eigenvalue weighted by atomic mass is 10.1. The lowest BCUT2D eigenvalue weighted by Crippen LogP contribution is -2.07. The Hall–Kier alpha value is -1.67. The van der Waals surface area contributed by atoms with E-state index in [1.165, 1.54) is 5.56 Å². The first-order valence-corrected chi connectivity index (χ1v) is 10.6. The maximum Gasteiger partial charge on any atom is 0.191 e. The monoisotopic (exact) mass is 447 g/mol. The van der Waals surface area contributed by atoms with Gasteiger partial charge in [0, 0.05) is 22.3 Å². The van der Waals surface area contributed by atoms with Crippen molar-refractivity contribution >= 4 is 27.7 Å². The molecule has 0 saturated carbocycles. The van der Waals surface area contributed by atoms with Crippen LogP contribution in [0.1, 0.15) is 5.56 Å². The van der Waals surface area contributed by atoms with Crippen LogP contribution in [-0.2, 0) is 17.7 Å². The van der Waals surface area contributed by atoms with Crippen molar-refractivity contribution in [3.63, 3.8) is 0 Å². The highest BCUT2D eigenvalue weighted by Gasteiger charge is 2.14. The van der Waals surface area contributed by atoms with Gasteiger partial charge in [0.2, 0.25) is 0 Å². The topological polar surface area (TPSA) is 60.2 Å². The second-order valence-corrected chi connectivity index (χ2v) is 7.86. The number of ether oxygens (including phenoxy) is 1. The second-order valence-electron chi connectivity index (χ2n) is 5.88. The molecule has 3 aromatic rings. The SMILES string of the molecule is OCCOCCSc1nnc(-c2ccc(Br)cc2)n1CCc1ccccc1. The molecule has 1 aromatic heterocycles. The number of rotatable bonds is 10. The fraction of sp³-hybridized carbons (Fsp3) is 0.300. The molecule has 0 bridgehead atoms. The summed E-state index contributed by atoms with van der Waals surface area (Å²) in [5.41, 5.74) is 2.33. The van der Waals surface area contributed by atoms with Gasteiger partial charge in [-0.2, -0.15) is 0 Å². The number of aryl methyl sites for hydroxylation is 1. The Kier molecular flexibility index (Phi) is 7.89. The lowest BCUT2D eigenvalue weighted by Gasteiger charge is -2.11. The molecule has 0 spiro atoms. The van der Waals surface area contributed by atoms with Crippen molar-refractivity contribution < 1.29 is 9.84 Å². The zero-order chi connectivity index (χ0) is 18.9. The molecule has 7 heteroatoms. The molecule has 0 fully saturated rings. The number of hydrogen-bond acceptors (Lipinski definition) is 5. The molecule has 27 heavy (non-hydrogen) atoms. The molecule has 142 valence electrons. The first kappa shape index (κ1) is 20.1. The summed E-state index contributed by atoms with van der Waals surface area (Å²) in [4.78, 5) is 0. The van der Waals surface area contributed by atoms with Crippen molar-refractivity contribution in [1.82, 2.24) is 14.8 Å². The van der Waals surface area contributed by atoms with Crippen LogP contribution in [0.4, 0.5) is 0 Å². The third kappa shape index (κ3) is 5.90. The molecule has 0 unspecified atom stereocenters. The molecule has 2 aromatic carbocycles. The van der Waals surface area contributed by atoms with Gasteiger partial charge in [-0.05, 0) is 24.1 Å². The average molecular weight is 448 g/mol. The van der Waals surface area contributed by atoms with Crippen molar-refractivity contribution in [2.75, 3.05) is 25.6 Å². The predicted octanol–water partition coefficient (Wildman–Crippen LogP) is 4.05. The molecule has 1 heterocycles. The maximum atomic E-state index is 8.79. The third-order valence-electron chi connectivity index (χ3n) is 3.98. The highest BCUT2D eigenvalue weighted by atomic mass is 79.9. The van der Waals surface area contributed by atoms with Crippen LogP contribution in [0.3, 0.4) is 0 Å². The molecule has 1 N–H and O–H groups in total. The van der Waals surface area contributed by atoms with E-state index in [0.717, 1.165) is 39.7 Å². The van der Waals surface area contributed by atoms with Gasteiger partial charge in [-0.25, -0.2) is 0 Å². The van der Waals surface area contributed by atoms with Gasteiger partial charge in [0.05, 0.1) is 19.8 Å². The maximum absolute atomic E-state index is 8.79. The zero-order valence-electron chi connectivity index (χ0n) is 14.9. The molecule has 0 aliphatic heterocycles. The van der Waals surface area contributed by atoms with E-state index in [2.05, 4.69) is 55.0 Å².